The van der Waals surface area contributed by atoms with Crippen LogP contribution < -0.4 is 5.73 Å². The van der Waals surface area contributed by atoms with Crippen molar-refractivity contribution < 1.29 is 22.8 Å². The van der Waals surface area contributed by atoms with Crippen molar-refractivity contribution in [2.24, 2.45) is 11.1 Å². The molecule has 1 aromatic carbocycles. The third kappa shape index (κ3) is 3.45. The molecule has 0 spiro atoms. The highest BCUT2D eigenvalue weighted by Gasteiger charge is 2.47. The van der Waals surface area contributed by atoms with E-state index in [0.29, 0.717) is 30.5 Å². The van der Waals surface area contributed by atoms with Gasteiger partial charge in [0.2, 0.25) is 12.3 Å². The molecule has 0 radical (unpaired) electrons. The van der Waals surface area contributed by atoms with Crippen LogP contribution in [-0.2, 0) is 17.9 Å². The quantitative estimate of drug-likeness (QED) is 0.771. The summed E-state index contributed by atoms with van der Waals surface area (Å²) in [6.07, 6.45) is -1.39. The predicted octanol–water partition coefficient (Wildman–Crippen LogP) is 3.61. The number of amides is 2. The van der Waals surface area contributed by atoms with Gasteiger partial charge in [-0.3, -0.25) is 14.3 Å². The van der Waals surface area contributed by atoms with Crippen LogP contribution in [0.15, 0.2) is 18.2 Å². The number of hydrogen-bond acceptors (Lipinski definition) is 3. The Morgan fingerprint density at radius 2 is 2.00 bits per heavy atom. The third-order valence-corrected chi connectivity index (χ3v) is 6.38. The number of carbonyl (C=O) groups excluding carboxylic acids is 2. The van der Waals surface area contributed by atoms with Crippen LogP contribution >= 0.6 is 11.6 Å². The Balaban J connectivity index is 1.63. The van der Waals surface area contributed by atoms with Crippen molar-refractivity contribution in [3.63, 3.8) is 0 Å². The first-order chi connectivity index (χ1) is 14.2. The van der Waals surface area contributed by atoms with Gasteiger partial charge in [0.25, 0.3) is 5.91 Å². The lowest BCUT2D eigenvalue weighted by atomic mass is 9.66. The molecular formula is C20H20ClF3N4O2. The second kappa shape index (κ2) is 7.61. The highest BCUT2D eigenvalue weighted by Crippen LogP contribution is 2.49. The van der Waals surface area contributed by atoms with E-state index >= 15 is 0 Å². The number of fused-ring (bicyclic) bond motifs is 1. The van der Waals surface area contributed by atoms with Crippen molar-refractivity contribution in [1.82, 2.24) is 14.7 Å². The summed E-state index contributed by atoms with van der Waals surface area (Å²) in [5.41, 5.74) is 5.55. The minimum absolute atomic E-state index is 0.0400. The van der Waals surface area contributed by atoms with Crippen molar-refractivity contribution in [2.75, 3.05) is 6.54 Å². The maximum absolute atomic E-state index is 13.5. The lowest BCUT2D eigenvalue weighted by Gasteiger charge is -2.42. The highest BCUT2D eigenvalue weighted by molar-refractivity contribution is 6.31. The minimum atomic E-state index is -2.54. The van der Waals surface area contributed by atoms with Crippen molar-refractivity contribution in [3.8, 4) is 11.3 Å². The Morgan fingerprint density at radius 3 is 2.57 bits per heavy atom. The van der Waals surface area contributed by atoms with Gasteiger partial charge < -0.3 is 10.6 Å². The van der Waals surface area contributed by atoms with E-state index in [2.05, 4.69) is 5.10 Å². The molecule has 1 saturated carbocycles. The third-order valence-electron chi connectivity index (χ3n) is 6.09. The SMILES string of the molecule is NC(=O)c1c(-c2ccc(F)c(Cl)c2)nn2c1CN(C(=O)CC1(C(F)F)CCC1)CC2. The molecule has 1 aliphatic heterocycles. The summed E-state index contributed by atoms with van der Waals surface area (Å²) in [5, 5.41) is 4.29. The van der Waals surface area contributed by atoms with Crippen molar-refractivity contribution in [2.45, 2.75) is 45.2 Å². The molecule has 2 aliphatic rings. The molecule has 6 nitrogen and oxygen atoms in total. The normalized spacial score (nSPS) is 17.6. The van der Waals surface area contributed by atoms with Crippen LogP contribution in [0.5, 0.6) is 0 Å². The molecule has 2 amide bonds. The maximum atomic E-state index is 13.5. The first-order valence-electron chi connectivity index (χ1n) is 9.63. The first kappa shape index (κ1) is 20.7. The van der Waals surface area contributed by atoms with E-state index in [9.17, 15) is 22.8 Å². The van der Waals surface area contributed by atoms with Crippen LogP contribution in [0.25, 0.3) is 11.3 Å². The fraction of sp³-hybridized carbons (Fsp3) is 0.450. The predicted molar refractivity (Wildman–Crippen MR) is 103 cm³/mol. The number of carbonyl (C=O) groups is 2. The van der Waals surface area contributed by atoms with Gasteiger partial charge in [-0.05, 0) is 31.0 Å². The molecule has 4 rings (SSSR count). The summed E-state index contributed by atoms with van der Waals surface area (Å²) in [4.78, 5) is 26.4. The Hall–Kier alpha value is -2.55. The monoisotopic (exact) mass is 440 g/mol. The van der Waals surface area contributed by atoms with Gasteiger partial charge in [0, 0.05) is 23.9 Å². The van der Waals surface area contributed by atoms with Gasteiger partial charge in [-0.15, -0.1) is 0 Å². The van der Waals surface area contributed by atoms with E-state index in [1.807, 2.05) is 0 Å². The van der Waals surface area contributed by atoms with E-state index in [1.54, 1.807) is 4.68 Å². The number of hydrogen-bond donors (Lipinski definition) is 1. The number of nitrogens with zero attached hydrogens (tertiary/aromatic N) is 3. The largest absolute Gasteiger partial charge is 0.365 e. The average molecular weight is 441 g/mol. The first-order valence-corrected chi connectivity index (χ1v) is 10.0. The van der Waals surface area contributed by atoms with Crippen LogP contribution in [0.2, 0.25) is 5.02 Å². The Bertz CT molecular complexity index is 1020. The summed E-state index contributed by atoms with van der Waals surface area (Å²) < 4.78 is 42.0. The van der Waals surface area contributed by atoms with E-state index in [4.69, 9.17) is 17.3 Å². The van der Waals surface area contributed by atoms with Gasteiger partial charge in [-0.25, -0.2) is 13.2 Å². The zero-order chi connectivity index (χ0) is 21.6. The smallest absolute Gasteiger partial charge is 0.252 e. The Labute approximate surface area is 175 Å². The van der Waals surface area contributed by atoms with Crippen molar-refractivity contribution in [3.05, 3.63) is 40.3 Å². The Morgan fingerprint density at radius 1 is 1.27 bits per heavy atom. The van der Waals surface area contributed by atoms with Crippen molar-refractivity contribution >= 4 is 23.4 Å². The molecule has 30 heavy (non-hydrogen) atoms. The fourth-order valence-corrected chi connectivity index (χ4v) is 4.33. The van der Waals surface area contributed by atoms with E-state index in [-0.39, 0.29) is 48.2 Å². The molecule has 0 bridgehead atoms. The average Bonchev–Trinajstić information content (AvgIpc) is 3.05. The second-order valence-electron chi connectivity index (χ2n) is 7.90. The van der Waals surface area contributed by atoms with E-state index in [1.165, 1.54) is 23.1 Å². The van der Waals surface area contributed by atoms with Crippen LogP contribution in [0.3, 0.4) is 0 Å². The molecule has 2 aromatic rings. The lowest BCUT2D eigenvalue weighted by Crippen LogP contribution is -2.45. The van der Waals surface area contributed by atoms with E-state index in [0.717, 1.165) is 0 Å². The van der Waals surface area contributed by atoms with Gasteiger partial charge in [0.05, 0.1) is 29.4 Å². The van der Waals surface area contributed by atoms with Gasteiger partial charge >= 0.3 is 0 Å². The standard InChI is InChI=1S/C20H20ClF3N4O2/c21-12-8-11(2-3-13(12)22)17-16(18(25)30)14-10-27(6-7-28(14)26-17)15(29)9-20(19(23)24)4-1-5-20/h2-3,8,19H,1,4-7,9-10H2,(H2,25,30). The summed E-state index contributed by atoms with van der Waals surface area (Å²) in [6.45, 7) is 0.616. The number of alkyl halides is 2. The molecule has 0 unspecified atom stereocenters. The molecule has 10 heteroatoms. The summed E-state index contributed by atoms with van der Waals surface area (Å²) in [7, 11) is 0. The van der Waals surface area contributed by atoms with Crippen LogP contribution in [0.1, 0.15) is 41.7 Å². The molecule has 160 valence electrons. The summed E-state index contributed by atoms with van der Waals surface area (Å²) in [5.74, 6) is -1.72. The minimum Gasteiger partial charge on any atom is -0.365 e. The van der Waals surface area contributed by atoms with Crippen LogP contribution in [0, 0.1) is 11.2 Å². The molecule has 1 aliphatic carbocycles. The molecular weight excluding hydrogens is 421 g/mol. The van der Waals surface area contributed by atoms with Crippen LogP contribution in [-0.4, -0.2) is 39.5 Å². The summed E-state index contributed by atoms with van der Waals surface area (Å²) in [6, 6.07) is 3.95. The number of benzene rings is 1. The molecule has 0 atom stereocenters. The number of nitrogens with two attached hydrogens (primary N) is 1. The van der Waals surface area contributed by atoms with Gasteiger partial charge in [0.1, 0.15) is 11.5 Å². The molecule has 2 heterocycles. The molecule has 2 N–H and O–H groups in total. The zero-order valence-electron chi connectivity index (χ0n) is 16.0. The Kier molecular flexibility index (Phi) is 5.25. The zero-order valence-corrected chi connectivity index (χ0v) is 16.8. The number of aromatic nitrogens is 2. The van der Waals surface area contributed by atoms with Gasteiger partial charge in [-0.1, -0.05) is 18.0 Å². The van der Waals surface area contributed by atoms with E-state index < -0.39 is 23.6 Å². The molecule has 0 saturated heterocycles. The second-order valence-corrected chi connectivity index (χ2v) is 8.30. The fourth-order valence-electron chi connectivity index (χ4n) is 4.15. The number of primary amides is 1. The van der Waals surface area contributed by atoms with Gasteiger partial charge in [-0.2, -0.15) is 5.10 Å². The highest BCUT2D eigenvalue weighted by atomic mass is 35.5. The molecule has 1 fully saturated rings. The van der Waals surface area contributed by atoms with Crippen LogP contribution in [0.4, 0.5) is 13.2 Å². The topological polar surface area (TPSA) is 81.2 Å². The number of halogens is 4. The number of rotatable bonds is 5. The lowest BCUT2D eigenvalue weighted by molar-refractivity contribution is -0.143. The summed E-state index contributed by atoms with van der Waals surface area (Å²) >= 11 is 5.85. The maximum Gasteiger partial charge on any atom is 0.252 e. The molecule has 1 aromatic heterocycles. The van der Waals surface area contributed by atoms with Gasteiger partial charge in [0.15, 0.2) is 0 Å². The van der Waals surface area contributed by atoms with Crippen molar-refractivity contribution in [1.29, 1.82) is 0 Å².